The smallest absolute Gasteiger partial charge is 0.283 e. The molecule has 2 aromatic carbocycles. The number of rotatable bonds is 4. The molecule has 164 valence electrons. The van der Waals surface area contributed by atoms with Crippen molar-refractivity contribution in [2.75, 3.05) is 0 Å². The Hall–Kier alpha value is -3.42. The molecule has 3 heterocycles. The van der Waals surface area contributed by atoms with Gasteiger partial charge < -0.3 is 4.57 Å². The number of halogens is 1. The van der Waals surface area contributed by atoms with Gasteiger partial charge in [0.15, 0.2) is 5.84 Å². The average Bonchev–Trinajstić information content (AvgIpc) is 3.32. The molecule has 1 amide bonds. The van der Waals surface area contributed by atoms with Gasteiger partial charge in [-0.2, -0.15) is 15.1 Å². The zero-order chi connectivity index (χ0) is 23.1. The Balaban J connectivity index is 1.47. The molecule has 0 radical (unpaired) electrons. The Kier molecular flexibility index (Phi) is 5.52. The van der Waals surface area contributed by atoms with Gasteiger partial charge in [-0.3, -0.25) is 10.2 Å². The van der Waals surface area contributed by atoms with Crippen molar-refractivity contribution in [1.82, 2.24) is 9.58 Å². The normalized spacial score (nSPS) is 16.8. The Morgan fingerprint density at radius 2 is 1.82 bits per heavy atom. The topological polar surface area (TPSA) is 73.8 Å². The lowest BCUT2D eigenvalue weighted by Gasteiger charge is -2.20. The molecule has 3 aromatic rings. The second-order valence-electron chi connectivity index (χ2n) is 7.79. The average molecular weight is 474 g/mol. The number of aromatic nitrogens is 1. The minimum Gasteiger partial charge on any atom is -0.316 e. The predicted octanol–water partition coefficient (Wildman–Crippen LogP) is 5.61. The van der Waals surface area contributed by atoms with Gasteiger partial charge in [0.05, 0.1) is 16.3 Å². The predicted molar refractivity (Wildman–Crippen MR) is 135 cm³/mol. The van der Waals surface area contributed by atoms with Gasteiger partial charge in [0.25, 0.3) is 5.91 Å². The van der Waals surface area contributed by atoms with E-state index in [0.717, 1.165) is 33.2 Å². The lowest BCUT2D eigenvalue weighted by Crippen LogP contribution is -2.35. The van der Waals surface area contributed by atoms with Gasteiger partial charge in [0.1, 0.15) is 5.04 Å². The molecule has 0 aliphatic carbocycles. The van der Waals surface area contributed by atoms with Crippen molar-refractivity contribution in [1.29, 1.82) is 5.41 Å². The highest BCUT2D eigenvalue weighted by Gasteiger charge is 2.35. The van der Waals surface area contributed by atoms with Crippen LogP contribution in [0.1, 0.15) is 22.5 Å². The number of aryl methyl sites for hydroxylation is 1. The summed E-state index contributed by atoms with van der Waals surface area (Å²) in [6, 6.07) is 19.6. The van der Waals surface area contributed by atoms with Crippen molar-refractivity contribution in [3.05, 3.63) is 93.8 Å². The molecule has 6 nitrogen and oxygen atoms in total. The van der Waals surface area contributed by atoms with Crippen LogP contribution in [0.2, 0.25) is 5.02 Å². The fourth-order valence-electron chi connectivity index (χ4n) is 3.97. The third-order valence-corrected chi connectivity index (χ3v) is 6.79. The third kappa shape index (κ3) is 3.94. The Labute approximate surface area is 200 Å². The summed E-state index contributed by atoms with van der Waals surface area (Å²) in [4.78, 5) is 17.0. The van der Waals surface area contributed by atoms with E-state index in [1.807, 2.05) is 79.1 Å². The van der Waals surface area contributed by atoms with Crippen LogP contribution in [0, 0.1) is 19.3 Å². The van der Waals surface area contributed by atoms with Gasteiger partial charge in [0.2, 0.25) is 5.17 Å². The summed E-state index contributed by atoms with van der Waals surface area (Å²) in [5, 5.41) is 16.5. The number of thioether (sulfide) groups is 1. The number of carbonyl (C=O) groups excluding carboxylic acids is 1. The molecule has 33 heavy (non-hydrogen) atoms. The first-order valence-electron chi connectivity index (χ1n) is 10.4. The van der Waals surface area contributed by atoms with Gasteiger partial charge in [-0.25, -0.2) is 0 Å². The van der Waals surface area contributed by atoms with Crippen LogP contribution < -0.4 is 0 Å². The highest BCUT2D eigenvalue weighted by atomic mass is 35.5. The number of amides is 1. The van der Waals surface area contributed by atoms with Crippen LogP contribution in [0.25, 0.3) is 11.8 Å². The molecule has 2 aliphatic heterocycles. The highest BCUT2D eigenvalue weighted by Crippen LogP contribution is 2.31. The molecule has 0 atom stereocenters. The number of carbonyl (C=O) groups is 1. The molecule has 5 rings (SSSR count). The summed E-state index contributed by atoms with van der Waals surface area (Å²) in [6.45, 7) is 3.95. The van der Waals surface area contributed by atoms with Gasteiger partial charge in [-0.05, 0) is 61.0 Å². The molecule has 0 unspecified atom stereocenters. The van der Waals surface area contributed by atoms with E-state index in [2.05, 4.69) is 10.1 Å². The van der Waals surface area contributed by atoms with Gasteiger partial charge in [-0.15, -0.1) is 0 Å². The van der Waals surface area contributed by atoms with Crippen LogP contribution in [-0.2, 0) is 11.2 Å². The van der Waals surface area contributed by atoms with Crippen LogP contribution in [0.4, 0.5) is 0 Å². The lowest BCUT2D eigenvalue weighted by atomic mass is 10.1. The van der Waals surface area contributed by atoms with Crippen molar-refractivity contribution in [3.63, 3.8) is 0 Å². The second kappa shape index (κ2) is 8.50. The number of aliphatic imine (C=N–C) groups is 1. The maximum atomic E-state index is 12.8. The van der Waals surface area contributed by atoms with Crippen LogP contribution in [-0.4, -0.2) is 31.5 Å². The van der Waals surface area contributed by atoms with Crippen molar-refractivity contribution in [2.24, 2.45) is 10.1 Å². The number of amidine groups is 2. The van der Waals surface area contributed by atoms with Crippen molar-refractivity contribution in [3.8, 4) is 5.69 Å². The summed E-state index contributed by atoms with van der Waals surface area (Å²) < 4.78 is 2.04. The van der Waals surface area contributed by atoms with Crippen LogP contribution in [0.5, 0.6) is 0 Å². The molecule has 1 N–H and O–H groups in total. The number of nitrogens with zero attached hydrogens (tertiary/aromatic N) is 4. The number of hydrogen-bond acceptors (Lipinski definition) is 4. The van der Waals surface area contributed by atoms with E-state index in [4.69, 9.17) is 17.0 Å². The third-order valence-electron chi connectivity index (χ3n) is 5.56. The van der Waals surface area contributed by atoms with E-state index in [0.29, 0.717) is 16.6 Å². The van der Waals surface area contributed by atoms with Crippen LogP contribution in [0.3, 0.4) is 0 Å². The monoisotopic (exact) mass is 473 g/mol. The standard InChI is InChI=1S/C25H20ClN5OS/c1-15-12-18(16(2)30(15)21-11-7-6-10-20(21)26)14-19-23(27)31-25(28-24(19)32)33-22(29-31)13-17-8-4-3-5-9-17/h3-12,14,27H,13H2,1-2H3/b19-14-,27-23?. The maximum absolute atomic E-state index is 12.8. The molecule has 0 saturated heterocycles. The lowest BCUT2D eigenvalue weighted by molar-refractivity contribution is -0.114. The quantitative estimate of drug-likeness (QED) is 0.500. The Morgan fingerprint density at radius 3 is 2.58 bits per heavy atom. The number of fused-ring (bicyclic) bond motifs is 1. The molecular weight excluding hydrogens is 454 g/mol. The number of hydrogen-bond donors (Lipinski definition) is 1. The molecular formula is C25H20ClN5OS. The van der Waals surface area contributed by atoms with Crippen LogP contribution in [0.15, 0.2) is 76.3 Å². The molecule has 0 bridgehead atoms. The summed E-state index contributed by atoms with van der Waals surface area (Å²) in [5.41, 5.74) is 4.93. The SMILES string of the molecule is Cc1cc(/C=C2/C(=N)N3N=C(Cc4ccccc4)SC3=NC2=O)c(C)n1-c1ccccc1Cl. The van der Waals surface area contributed by atoms with E-state index in [1.165, 1.54) is 16.8 Å². The van der Waals surface area contributed by atoms with Gasteiger partial charge in [0, 0.05) is 17.8 Å². The Morgan fingerprint density at radius 1 is 1.09 bits per heavy atom. The van der Waals surface area contributed by atoms with Crippen molar-refractivity contribution in [2.45, 2.75) is 20.3 Å². The zero-order valence-electron chi connectivity index (χ0n) is 18.0. The minimum atomic E-state index is -0.433. The van der Waals surface area contributed by atoms with Crippen molar-refractivity contribution >= 4 is 51.4 Å². The first kappa shape index (κ1) is 21.4. The molecule has 0 spiro atoms. The molecule has 8 heteroatoms. The van der Waals surface area contributed by atoms with Gasteiger partial charge >= 0.3 is 0 Å². The second-order valence-corrected chi connectivity index (χ2v) is 9.24. The Bertz CT molecular complexity index is 1390. The minimum absolute atomic E-state index is 0.0307. The van der Waals surface area contributed by atoms with E-state index in [1.54, 1.807) is 6.08 Å². The van der Waals surface area contributed by atoms with Crippen LogP contribution >= 0.6 is 23.4 Å². The van der Waals surface area contributed by atoms with Gasteiger partial charge in [-0.1, -0.05) is 54.1 Å². The zero-order valence-corrected chi connectivity index (χ0v) is 19.6. The molecule has 0 fully saturated rings. The fraction of sp³-hybridized carbons (Fsp3) is 0.120. The maximum Gasteiger partial charge on any atom is 0.283 e. The number of hydrazone groups is 1. The highest BCUT2D eigenvalue weighted by molar-refractivity contribution is 8.26. The van der Waals surface area contributed by atoms with E-state index >= 15 is 0 Å². The van der Waals surface area contributed by atoms with E-state index in [-0.39, 0.29) is 11.4 Å². The number of para-hydroxylation sites is 1. The first-order chi connectivity index (χ1) is 15.9. The summed E-state index contributed by atoms with van der Waals surface area (Å²) >= 11 is 7.75. The molecule has 1 aromatic heterocycles. The fourth-order valence-corrected chi connectivity index (χ4v) is 5.11. The largest absolute Gasteiger partial charge is 0.316 e. The van der Waals surface area contributed by atoms with E-state index < -0.39 is 5.91 Å². The molecule has 2 aliphatic rings. The molecule has 0 saturated carbocycles. The van der Waals surface area contributed by atoms with E-state index in [9.17, 15) is 4.79 Å². The summed E-state index contributed by atoms with van der Waals surface area (Å²) in [7, 11) is 0. The summed E-state index contributed by atoms with van der Waals surface area (Å²) in [5.74, 6) is -0.402. The number of nitrogens with one attached hydrogen (secondary N) is 1. The summed E-state index contributed by atoms with van der Waals surface area (Å²) in [6.07, 6.45) is 2.34. The first-order valence-corrected chi connectivity index (χ1v) is 11.6. The van der Waals surface area contributed by atoms with Crippen molar-refractivity contribution < 1.29 is 4.79 Å². The number of benzene rings is 2.